The Morgan fingerprint density at radius 1 is 1.37 bits per heavy atom. The third-order valence-electron chi connectivity index (χ3n) is 4.08. The average molecular weight is 266 g/mol. The summed E-state index contributed by atoms with van der Waals surface area (Å²) in [6.45, 7) is 9.35. The molecule has 2 aliphatic heterocycles. The molecule has 5 nitrogen and oxygen atoms in total. The van der Waals surface area contributed by atoms with Gasteiger partial charge in [0.2, 0.25) is 0 Å². The first-order chi connectivity index (χ1) is 8.85. The molecule has 3 aliphatic rings. The number of rotatable bonds is 1. The van der Waals surface area contributed by atoms with E-state index in [0.717, 1.165) is 19.5 Å². The zero-order valence-electron chi connectivity index (χ0n) is 12.0. The van der Waals surface area contributed by atoms with E-state index in [2.05, 4.69) is 5.16 Å². The van der Waals surface area contributed by atoms with E-state index in [0.29, 0.717) is 17.8 Å². The lowest BCUT2D eigenvalue weighted by Gasteiger charge is -2.25. The van der Waals surface area contributed by atoms with Crippen molar-refractivity contribution in [3.8, 4) is 0 Å². The van der Waals surface area contributed by atoms with E-state index >= 15 is 0 Å². The van der Waals surface area contributed by atoms with Gasteiger partial charge in [-0.3, -0.25) is 0 Å². The SMILES string of the molecule is CC1CC(C2C3CN(C(=O)OC(C)(C)C)CC32)=NO1. The molecule has 2 heterocycles. The number of nitrogens with zero attached hydrogens (tertiary/aromatic N) is 2. The molecule has 2 fully saturated rings. The van der Waals surface area contributed by atoms with Crippen molar-refractivity contribution in [3.63, 3.8) is 0 Å². The van der Waals surface area contributed by atoms with Gasteiger partial charge in [-0.25, -0.2) is 4.79 Å². The van der Waals surface area contributed by atoms with Crippen LogP contribution in [0.2, 0.25) is 0 Å². The summed E-state index contributed by atoms with van der Waals surface area (Å²) in [5, 5.41) is 4.17. The highest BCUT2D eigenvalue weighted by Crippen LogP contribution is 2.53. The van der Waals surface area contributed by atoms with Gasteiger partial charge in [-0.15, -0.1) is 0 Å². The summed E-state index contributed by atoms with van der Waals surface area (Å²) in [5.41, 5.74) is 0.786. The smallest absolute Gasteiger partial charge is 0.410 e. The Morgan fingerprint density at radius 2 is 2.00 bits per heavy atom. The molecule has 1 amide bonds. The highest BCUT2D eigenvalue weighted by molar-refractivity contribution is 5.91. The second-order valence-electron chi connectivity index (χ2n) is 6.94. The van der Waals surface area contributed by atoms with Gasteiger partial charge in [0, 0.05) is 25.4 Å². The lowest BCUT2D eigenvalue weighted by atomic mass is 10.1. The van der Waals surface area contributed by atoms with E-state index in [1.54, 1.807) is 0 Å². The van der Waals surface area contributed by atoms with Gasteiger partial charge in [0.05, 0.1) is 5.71 Å². The monoisotopic (exact) mass is 266 g/mol. The van der Waals surface area contributed by atoms with Crippen molar-refractivity contribution in [1.82, 2.24) is 4.90 Å². The molecule has 106 valence electrons. The van der Waals surface area contributed by atoms with Crippen LogP contribution in [0.3, 0.4) is 0 Å². The molecule has 19 heavy (non-hydrogen) atoms. The fourth-order valence-electron chi connectivity index (χ4n) is 3.22. The van der Waals surface area contributed by atoms with E-state index in [1.807, 2.05) is 32.6 Å². The van der Waals surface area contributed by atoms with Gasteiger partial charge in [0.15, 0.2) is 0 Å². The van der Waals surface area contributed by atoms with Crippen molar-refractivity contribution in [3.05, 3.63) is 0 Å². The lowest BCUT2D eigenvalue weighted by molar-refractivity contribution is 0.0270. The van der Waals surface area contributed by atoms with Gasteiger partial charge in [0.25, 0.3) is 0 Å². The Labute approximate surface area is 113 Å². The van der Waals surface area contributed by atoms with E-state index in [-0.39, 0.29) is 12.2 Å². The quantitative estimate of drug-likeness (QED) is 0.731. The predicted octanol–water partition coefficient (Wildman–Crippen LogP) is 2.26. The first-order valence-corrected chi connectivity index (χ1v) is 7.05. The van der Waals surface area contributed by atoms with Crippen LogP contribution in [0.25, 0.3) is 0 Å². The second-order valence-corrected chi connectivity index (χ2v) is 6.94. The van der Waals surface area contributed by atoms with Crippen LogP contribution in [0.1, 0.15) is 34.1 Å². The summed E-state index contributed by atoms with van der Waals surface area (Å²) in [5.74, 6) is 1.68. The predicted molar refractivity (Wildman–Crippen MR) is 70.9 cm³/mol. The van der Waals surface area contributed by atoms with Crippen molar-refractivity contribution in [1.29, 1.82) is 0 Å². The molecule has 0 radical (unpaired) electrons. The number of hydrogen-bond donors (Lipinski definition) is 0. The molecule has 0 N–H and O–H groups in total. The van der Waals surface area contributed by atoms with E-state index < -0.39 is 5.60 Å². The van der Waals surface area contributed by atoms with Gasteiger partial charge in [-0.1, -0.05) is 5.16 Å². The first-order valence-electron chi connectivity index (χ1n) is 7.05. The van der Waals surface area contributed by atoms with Crippen molar-refractivity contribution in [2.75, 3.05) is 13.1 Å². The van der Waals surface area contributed by atoms with Crippen LogP contribution in [-0.2, 0) is 9.57 Å². The van der Waals surface area contributed by atoms with Gasteiger partial charge < -0.3 is 14.5 Å². The summed E-state index contributed by atoms with van der Waals surface area (Å²) in [6, 6.07) is 0. The number of carbonyl (C=O) groups is 1. The van der Waals surface area contributed by atoms with Crippen LogP contribution < -0.4 is 0 Å². The lowest BCUT2D eigenvalue weighted by Crippen LogP contribution is -2.37. The molecule has 0 bridgehead atoms. The molecule has 0 spiro atoms. The molecule has 1 saturated heterocycles. The van der Waals surface area contributed by atoms with Gasteiger partial charge in [-0.2, -0.15) is 0 Å². The number of hydrogen-bond acceptors (Lipinski definition) is 4. The van der Waals surface area contributed by atoms with Crippen LogP contribution in [0.15, 0.2) is 5.16 Å². The molecule has 0 aromatic heterocycles. The minimum atomic E-state index is -0.415. The normalized spacial score (nSPS) is 36.6. The van der Waals surface area contributed by atoms with E-state index in [4.69, 9.17) is 9.57 Å². The molecule has 1 saturated carbocycles. The summed E-state index contributed by atoms with van der Waals surface area (Å²) in [6.07, 6.45) is 0.985. The first kappa shape index (κ1) is 12.8. The molecule has 1 aliphatic carbocycles. The number of fused-ring (bicyclic) bond motifs is 1. The van der Waals surface area contributed by atoms with Crippen LogP contribution >= 0.6 is 0 Å². The summed E-state index contributed by atoms with van der Waals surface area (Å²) >= 11 is 0. The topological polar surface area (TPSA) is 51.1 Å². The van der Waals surface area contributed by atoms with Gasteiger partial charge in [0.1, 0.15) is 11.7 Å². The Hall–Kier alpha value is -1.26. The number of oxime groups is 1. The number of likely N-dealkylation sites (tertiary alicyclic amines) is 1. The zero-order chi connectivity index (χ0) is 13.8. The third kappa shape index (κ3) is 2.42. The molecule has 3 unspecified atom stereocenters. The number of ether oxygens (including phenoxy) is 1. The molecule has 3 rings (SSSR count). The Morgan fingerprint density at radius 3 is 2.47 bits per heavy atom. The Balaban J connectivity index is 1.52. The van der Waals surface area contributed by atoms with Crippen molar-refractivity contribution in [2.24, 2.45) is 22.9 Å². The summed E-state index contributed by atoms with van der Waals surface area (Å²) in [7, 11) is 0. The van der Waals surface area contributed by atoms with Crippen LogP contribution in [-0.4, -0.2) is 41.5 Å². The van der Waals surface area contributed by atoms with Crippen molar-refractivity contribution >= 4 is 11.8 Å². The molecular weight excluding hydrogens is 244 g/mol. The Bertz CT molecular complexity index is 415. The highest BCUT2D eigenvalue weighted by Gasteiger charge is 2.59. The minimum Gasteiger partial charge on any atom is -0.444 e. The fraction of sp³-hybridized carbons (Fsp3) is 0.857. The summed E-state index contributed by atoms with van der Waals surface area (Å²) in [4.78, 5) is 19.0. The van der Waals surface area contributed by atoms with Crippen molar-refractivity contribution in [2.45, 2.75) is 45.8 Å². The van der Waals surface area contributed by atoms with Gasteiger partial charge >= 0.3 is 6.09 Å². The maximum Gasteiger partial charge on any atom is 0.410 e. The van der Waals surface area contributed by atoms with E-state index in [1.165, 1.54) is 5.71 Å². The third-order valence-corrected chi connectivity index (χ3v) is 4.08. The van der Waals surface area contributed by atoms with E-state index in [9.17, 15) is 4.79 Å². The molecule has 5 heteroatoms. The van der Waals surface area contributed by atoms with Crippen molar-refractivity contribution < 1.29 is 14.4 Å². The van der Waals surface area contributed by atoms with Gasteiger partial charge in [-0.05, 0) is 39.5 Å². The number of carbonyl (C=O) groups excluding carboxylic acids is 1. The molecule has 3 atom stereocenters. The second kappa shape index (κ2) is 4.12. The standard InChI is InChI=1S/C14H22N2O3/c1-8-5-11(15-19-8)12-9-6-16(7-10(9)12)13(17)18-14(2,3)4/h8-10,12H,5-7H2,1-4H3. The summed E-state index contributed by atoms with van der Waals surface area (Å²) < 4.78 is 5.40. The molecular formula is C14H22N2O3. The number of piperidine rings is 1. The van der Waals surface area contributed by atoms with Crippen LogP contribution in [0.4, 0.5) is 4.79 Å². The van der Waals surface area contributed by atoms with Crippen LogP contribution in [0, 0.1) is 17.8 Å². The zero-order valence-corrected chi connectivity index (χ0v) is 12.0. The largest absolute Gasteiger partial charge is 0.444 e. The fourth-order valence-corrected chi connectivity index (χ4v) is 3.22. The average Bonchev–Trinajstić information content (AvgIpc) is 2.67. The minimum absolute atomic E-state index is 0.184. The molecule has 0 aromatic carbocycles. The number of amides is 1. The molecule has 0 aromatic rings. The Kier molecular flexibility index (Phi) is 2.76. The maximum atomic E-state index is 12.0. The van der Waals surface area contributed by atoms with Crippen LogP contribution in [0.5, 0.6) is 0 Å². The highest BCUT2D eigenvalue weighted by atomic mass is 16.6. The maximum absolute atomic E-state index is 12.0.